The maximum Gasteiger partial charge on any atom is 0.124 e. The van der Waals surface area contributed by atoms with Crippen LogP contribution in [0, 0.1) is 0 Å². The average molecular weight is 323 g/mol. The summed E-state index contributed by atoms with van der Waals surface area (Å²) >= 11 is 14.4. The molecule has 102 valence electrons. The molecular weight excluding hydrogens is 311 g/mol. The predicted octanol–water partition coefficient (Wildman–Crippen LogP) is 5.89. The molecule has 0 aliphatic rings. The molecule has 0 spiro atoms. The molecule has 0 radical (unpaired) electrons. The van der Waals surface area contributed by atoms with Gasteiger partial charge < -0.3 is 4.74 Å². The smallest absolute Gasteiger partial charge is 0.124 e. The van der Waals surface area contributed by atoms with Crippen molar-refractivity contribution in [3.05, 3.63) is 64.0 Å². The van der Waals surface area contributed by atoms with Crippen molar-refractivity contribution < 1.29 is 4.74 Å². The molecule has 0 saturated carbocycles. The Hall–Kier alpha value is -1.22. The van der Waals surface area contributed by atoms with Gasteiger partial charge in [-0.25, -0.2) is 0 Å². The molecule has 3 aromatic rings. The van der Waals surface area contributed by atoms with Crippen LogP contribution in [0.2, 0.25) is 5.02 Å². The molecule has 1 nitrogen and oxygen atoms in total. The van der Waals surface area contributed by atoms with E-state index in [-0.39, 0.29) is 5.38 Å². The molecule has 0 aliphatic carbocycles. The van der Waals surface area contributed by atoms with E-state index in [0.717, 1.165) is 16.2 Å². The number of hydrogen-bond donors (Lipinski definition) is 0. The fraction of sp³-hybridized carbons (Fsp3) is 0.125. The maximum atomic E-state index is 6.63. The Bertz CT molecular complexity index is 718. The van der Waals surface area contributed by atoms with Gasteiger partial charge in [0.25, 0.3) is 0 Å². The van der Waals surface area contributed by atoms with Crippen LogP contribution < -0.4 is 4.74 Å². The van der Waals surface area contributed by atoms with Crippen LogP contribution in [-0.4, -0.2) is 7.11 Å². The quantitative estimate of drug-likeness (QED) is 0.546. The van der Waals surface area contributed by atoms with Gasteiger partial charge in [-0.15, -0.1) is 22.9 Å². The van der Waals surface area contributed by atoms with Crippen molar-refractivity contribution in [2.24, 2.45) is 0 Å². The van der Waals surface area contributed by atoms with E-state index in [1.54, 1.807) is 24.5 Å². The van der Waals surface area contributed by atoms with Gasteiger partial charge in [0.2, 0.25) is 0 Å². The molecule has 0 fully saturated rings. The minimum absolute atomic E-state index is 0.263. The summed E-state index contributed by atoms with van der Waals surface area (Å²) in [6.07, 6.45) is 0. The van der Waals surface area contributed by atoms with E-state index in [2.05, 4.69) is 18.2 Å². The zero-order valence-corrected chi connectivity index (χ0v) is 13.1. The number of methoxy groups -OCH3 is 1. The highest BCUT2D eigenvalue weighted by atomic mass is 35.5. The van der Waals surface area contributed by atoms with Gasteiger partial charge in [0.05, 0.1) is 12.5 Å². The number of alkyl halides is 1. The number of fused-ring (bicyclic) bond motifs is 1. The molecule has 0 N–H and O–H groups in total. The first kappa shape index (κ1) is 13.7. The van der Waals surface area contributed by atoms with E-state index in [1.165, 1.54) is 10.1 Å². The number of hydrogen-bond acceptors (Lipinski definition) is 2. The zero-order chi connectivity index (χ0) is 14.1. The summed E-state index contributed by atoms with van der Waals surface area (Å²) in [6.45, 7) is 0. The molecular formula is C16H12Cl2OS. The highest BCUT2D eigenvalue weighted by Gasteiger charge is 2.18. The molecule has 0 amide bonds. The molecule has 1 atom stereocenters. The van der Waals surface area contributed by atoms with Crippen LogP contribution in [0.25, 0.3) is 10.1 Å². The van der Waals surface area contributed by atoms with Gasteiger partial charge in [-0.2, -0.15) is 0 Å². The normalized spacial score (nSPS) is 12.6. The summed E-state index contributed by atoms with van der Waals surface area (Å²) in [5, 5.41) is 1.60. The summed E-state index contributed by atoms with van der Waals surface area (Å²) in [5.41, 5.74) is 0.897. The lowest BCUT2D eigenvalue weighted by molar-refractivity contribution is 0.410. The van der Waals surface area contributed by atoms with Crippen molar-refractivity contribution in [1.82, 2.24) is 0 Å². The molecule has 1 unspecified atom stereocenters. The van der Waals surface area contributed by atoms with Gasteiger partial charge in [0.15, 0.2) is 0 Å². The van der Waals surface area contributed by atoms with Gasteiger partial charge >= 0.3 is 0 Å². The Labute approximate surface area is 131 Å². The third kappa shape index (κ3) is 2.51. The molecule has 0 aliphatic heterocycles. The summed E-state index contributed by atoms with van der Waals surface area (Å²) in [5.74, 6) is 0.756. The van der Waals surface area contributed by atoms with E-state index in [4.69, 9.17) is 27.9 Å². The van der Waals surface area contributed by atoms with Crippen LogP contribution in [0.5, 0.6) is 5.75 Å². The SMILES string of the molecule is COc1ccc(Cl)cc1C(Cl)c1cc2ccccc2s1. The summed E-state index contributed by atoms with van der Waals surface area (Å²) in [7, 11) is 1.64. The number of thiophene rings is 1. The second-order valence-corrected chi connectivity index (χ2v) is 6.42. The predicted molar refractivity (Wildman–Crippen MR) is 87.5 cm³/mol. The van der Waals surface area contributed by atoms with E-state index < -0.39 is 0 Å². The maximum absolute atomic E-state index is 6.63. The first-order valence-corrected chi connectivity index (χ1v) is 7.78. The first-order valence-electron chi connectivity index (χ1n) is 6.15. The number of ether oxygens (including phenoxy) is 1. The fourth-order valence-electron chi connectivity index (χ4n) is 2.18. The standard InChI is InChI=1S/C16H12Cl2OS/c1-19-13-7-6-11(17)9-12(13)16(18)15-8-10-4-2-3-5-14(10)20-15/h2-9,16H,1H3. The van der Waals surface area contributed by atoms with E-state index in [0.29, 0.717) is 5.02 Å². The average Bonchev–Trinajstić information content (AvgIpc) is 2.90. The van der Waals surface area contributed by atoms with Crippen molar-refractivity contribution in [2.45, 2.75) is 5.38 Å². The van der Waals surface area contributed by atoms with Crippen LogP contribution in [0.1, 0.15) is 15.8 Å². The van der Waals surface area contributed by atoms with E-state index >= 15 is 0 Å². The second-order valence-electron chi connectivity index (χ2n) is 4.44. The van der Waals surface area contributed by atoms with Crippen LogP contribution in [0.3, 0.4) is 0 Å². The van der Waals surface area contributed by atoms with E-state index in [1.807, 2.05) is 24.3 Å². The van der Waals surface area contributed by atoms with Gasteiger partial charge in [0, 0.05) is 20.2 Å². The summed E-state index contributed by atoms with van der Waals surface area (Å²) in [4.78, 5) is 1.09. The second kappa shape index (κ2) is 5.65. The molecule has 0 bridgehead atoms. The van der Waals surface area contributed by atoms with Crippen molar-refractivity contribution in [2.75, 3.05) is 7.11 Å². The minimum Gasteiger partial charge on any atom is -0.496 e. The monoisotopic (exact) mass is 322 g/mol. The summed E-state index contributed by atoms with van der Waals surface area (Å²) < 4.78 is 6.61. The third-order valence-electron chi connectivity index (χ3n) is 3.16. The van der Waals surface area contributed by atoms with Crippen LogP contribution >= 0.6 is 34.5 Å². The third-order valence-corrected chi connectivity index (χ3v) is 5.17. The van der Waals surface area contributed by atoms with E-state index in [9.17, 15) is 0 Å². The van der Waals surface area contributed by atoms with Crippen molar-refractivity contribution in [3.63, 3.8) is 0 Å². The zero-order valence-electron chi connectivity index (χ0n) is 10.8. The Morgan fingerprint density at radius 1 is 1.10 bits per heavy atom. The molecule has 2 aromatic carbocycles. The van der Waals surface area contributed by atoms with Crippen LogP contribution in [0.4, 0.5) is 0 Å². The van der Waals surface area contributed by atoms with Crippen molar-refractivity contribution >= 4 is 44.6 Å². The topological polar surface area (TPSA) is 9.23 Å². The lowest BCUT2D eigenvalue weighted by atomic mass is 10.1. The van der Waals surface area contributed by atoms with Crippen molar-refractivity contribution in [1.29, 1.82) is 0 Å². The molecule has 1 heterocycles. The molecule has 0 saturated heterocycles. The lowest BCUT2D eigenvalue weighted by Crippen LogP contribution is -1.95. The van der Waals surface area contributed by atoms with Gasteiger partial charge in [-0.3, -0.25) is 0 Å². The first-order chi connectivity index (χ1) is 9.69. The Morgan fingerprint density at radius 3 is 2.65 bits per heavy atom. The molecule has 4 heteroatoms. The summed E-state index contributed by atoms with van der Waals surface area (Å²) in [6, 6.07) is 15.9. The van der Waals surface area contributed by atoms with Gasteiger partial charge in [-0.1, -0.05) is 29.8 Å². The number of rotatable bonds is 3. The fourth-order valence-corrected chi connectivity index (χ4v) is 3.79. The van der Waals surface area contributed by atoms with Gasteiger partial charge in [-0.05, 0) is 35.7 Å². The molecule has 1 aromatic heterocycles. The Kier molecular flexibility index (Phi) is 3.88. The van der Waals surface area contributed by atoms with Crippen LogP contribution in [0.15, 0.2) is 48.5 Å². The minimum atomic E-state index is -0.263. The number of benzene rings is 2. The van der Waals surface area contributed by atoms with Gasteiger partial charge in [0.1, 0.15) is 5.75 Å². The Morgan fingerprint density at radius 2 is 1.90 bits per heavy atom. The highest BCUT2D eigenvalue weighted by molar-refractivity contribution is 7.19. The lowest BCUT2D eigenvalue weighted by Gasteiger charge is -2.13. The Balaban J connectivity index is 2.07. The van der Waals surface area contributed by atoms with Crippen molar-refractivity contribution in [3.8, 4) is 5.75 Å². The largest absolute Gasteiger partial charge is 0.496 e. The highest BCUT2D eigenvalue weighted by Crippen LogP contribution is 2.41. The van der Waals surface area contributed by atoms with Crippen LogP contribution in [-0.2, 0) is 0 Å². The number of halogens is 2. The molecule has 3 rings (SSSR count). The molecule has 20 heavy (non-hydrogen) atoms.